The van der Waals surface area contributed by atoms with Gasteiger partial charge in [-0.25, -0.2) is 18.4 Å². The van der Waals surface area contributed by atoms with Gasteiger partial charge in [0.25, 0.3) is 5.91 Å². The van der Waals surface area contributed by atoms with E-state index in [2.05, 4.69) is 20.7 Å². The molecule has 2 aromatic carbocycles. The average Bonchev–Trinajstić information content (AvgIpc) is 3.34. The largest absolute Gasteiger partial charge is 0.457 e. The SMILES string of the molecule is CSc1cc(C(=O)NCc2cc(Oc3ccnc4c3CCC(=O)N4)ccc2F)nn1-c1ccc(F)cc1. The van der Waals surface area contributed by atoms with Crippen LogP contribution in [-0.2, 0) is 17.8 Å². The molecule has 37 heavy (non-hydrogen) atoms. The molecule has 0 saturated heterocycles. The van der Waals surface area contributed by atoms with Crippen molar-refractivity contribution in [1.29, 1.82) is 0 Å². The van der Waals surface area contributed by atoms with Crippen LogP contribution in [0.5, 0.6) is 11.5 Å². The highest BCUT2D eigenvalue weighted by atomic mass is 32.2. The van der Waals surface area contributed by atoms with Crippen molar-refractivity contribution in [2.24, 2.45) is 0 Å². The monoisotopic (exact) mass is 521 g/mol. The minimum Gasteiger partial charge on any atom is -0.457 e. The molecule has 2 N–H and O–H groups in total. The molecule has 1 aliphatic heterocycles. The summed E-state index contributed by atoms with van der Waals surface area (Å²) in [4.78, 5) is 28.6. The fraction of sp³-hybridized carbons (Fsp3) is 0.154. The smallest absolute Gasteiger partial charge is 0.272 e. The van der Waals surface area contributed by atoms with E-state index in [9.17, 15) is 18.4 Å². The molecule has 0 saturated carbocycles. The van der Waals surface area contributed by atoms with E-state index in [1.807, 2.05) is 6.26 Å². The first-order valence-electron chi connectivity index (χ1n) is 11.3. The second-order valence-electron chi connectivity index (χ2n) is 8.18. The van der Waals surface area contributed by atoms with Crippen LogP contribution in [0.1, 0.15) is 28.0 Å². The number of thioether (sulfide) groups is 1. The Morgan fingerprint density at radius 3 is 2.73 bits per heavy atom. The number of fused-ring (bicyclic) bond motifs is 1. The van der Waals surface area contributed by atoms with E-state index in [0.717, 1.165) is 5.56 Å². The summed E-state index contributed by atoms with van der Waals surface area (Å²) in [7, 11) is 0. The number of hydrogen-bond donors (Lipinski definition) is 2. The fourth-order valence-corrected chi connectivity index (χ4v) is 4.43. The van der Waals surface area contributed by atoms with E-state index in [0.29, 0.717) is 40.9 Å². The van der Waals surface area contributed by atoms with Gasteiger partial charge in [-0.3, -0.25) is 9.59 Å². The van der Waals surface area contributed by atoms with Gasteiger partial charge in [-0.05, 0) is 61.2 Å². The van der Waals surface area contributed by atoms with Gasteiger partial charge in [0.05, 0.1) is 5.69 Å². The lowest BCUT2D eigenvalue weighted by Crippen LogP contribution is -2.24. The topological polar surface area (TPSA) is 98.1 Å². The summed E-state index contributed by atoms with van der Waals surface area (Å²) < 4.78 is 35.4. The van der Waals surface area contributed by atoms with Crippen LogP contribution in [0.15, 0.2) is 65.8 Å². The molecule has 5 rings (SSSR count). The highest BCUT2D eigenvalue weighted by Gasteiger charge is 2.21. The summed E-state index contributed by atoms with van der Waals surface area (Å²) in [5.74, 6) is -0.122. The third-order valence-corrected chi connectivity index (χ3v) is 6.46. The first kappa shape index (κ1) is 24.4. The van der Waals surface area contributed by atoms with E-state index >= 15 is 0 Å². The number of benzene rings is 2. The Labute approximate surface area is 215 Å². The maximum absolute atomic E-state index is 14.5. The molecule has 2 aromatic heterocycles. The second-order valence-corrected chi connectivity index (χ2v) is 9.01. The van der Waals surface area contributed by atoms with Crippen molar-refractivity contribution in [3.05, 3.63) is 89.2 Å². The molecule has 11 heteroatoms. The van der Waals surface area contributed by atoms with Crippen molar-refractivity contribution in [1.82, 2.24) is 20.1 Å². The van der Waals surface area contributed by atoms with Gasteiger partial charge in [0, 0.05) is 36.4 Å². The lowest BCUT2D eigenvalue weighted by Gasteiger charge is -2.19. The van der Waals surface area contributed by atoms with Crippen molar-refractivity contribution in [3.63, 3.8) is 0 Å². The van der Waals surface area contributed by atoms with Crippen molar-refractivity contribution < 1.29 is 23.1 Å². The van der Waals surface area contributed by atoms with Crippen LogP contribution in [0.4, 0.5) is 14.6 Å². The molecule has 0 unspecified atom stereocenters. The minimum absolute atomic E-state index is 0.0929. The number of pyridine rings is 1. The molecule has 0 aliphatic carbocycles. The molecule has 1 aliphatic rings. The number of amides is 2. The number of halogens is 2. The zero-order valence-corrected chi connectivity index (χ0v) is 20.4. The Hall–Kier alpha value is -4.25. The molecule has 3 heterocycles. The number of rotatable bonds is 7. The summed E-state index contributed by atoms with van der Waals surface area (Å²) in [6.45, 7) is -0.0929. The van der Waals surface area contributed by atoms with Crippen LogP contribution >= 0.6 is 11.8 Å². The number of aromatic nitrogens is 3. The van der Waals surface area contributed by atoms with Crippen LogP contribution in [-0.4, -0.2) is 32.8 Å². The summed E-state index contributed by atoms with van der Waals surface area (Å²) >= 11 is 1.38. The van der Waals surface area contributed by atoms with Crippen LogP contribution < -0.4 is 15.4 Å². The minimum atomic E-state index is -0.502. The van der Waals surface area contributed by atoms with E-state index in [4.69, 9.17) is 4.74 Å². The Morgan fingerprint density at radius 1 is 1.14 bits per heavy atom. The predicted octanol–water partition coefficient (Wildman–Crippen LogP) is 4.87. The third-order valence-electron chi connectivity index (χ3n) is 5.75. The first-order chi connectivity index (χ1) is 17.9. The number of carbonyl (C=O) groups excluding carboxylic acids is 2. The lowest BCUT2D eigenvalue weighted by molar-refractivity contribution is -0.116. The number of nitrogens with zero attached hydrogens (tertiary/aromatic N) is 3. The standard InChI is InChI=1S/C26H21F2N5O3S/c1-37-24-13-21(32-33(24)17-4-2-16(27)3-5-17)26(35)30-14-15-12-18(6-8-20(15)28)36-22-10-11-29-25-19(22)7-9-23(34)31-25/h2-6,8,10-13H,7,9,14H2,1H3,(H,30,35)(H,29,31,34). The maximum atomic E-state index is 14.5. The van der Waals surface area contributed by atoms with Gasteiger partial charge in [-0.2, -0.15) is 5.10 Å². The zero-order valence-electron chi connectivity index (χ0n) is 19.6. The van der Waals surface area contributed by atoms with Gasteiger partial charge in [-0.1, -0.05) is 0 Å². The van der Waals surface area contributed by atoms with Gasteiger partial charge in [-0.15, -0.1) is 11.8 Å². The summed E-state index contributed by atoms with van der Waals surface area (Å²) in [6.07, 6.45) is 4.17. The Kier molecular flexibility index (Phi) is 6.87. The molecule has 4 aromatic rings. The van der Waals surface area contributed by atoms with Crippen LogP contribution in [0.25, 0.3) is 5.69 Å². The van der Waals surface area contributed by atoms with Crippen molar-refractivity contribution in [2.75, 3.05) is 11.6 Å². The Morgan fingerprint density at radius 2 is 1.95 bits per heavy atom. The Balaban J connectivity index is 1.30. The normalized spacial score (nSPS) is 12.6. The molecule has 0 radical (unpaired) electrons. The maximum Gasteiger partial charge on any atom is 0.272 e. The first-order valence-corrected chi connectivity index (χ1v) is 12.6. The molecule has 2 amide bonds. The van der Waals surface area contributed by atoms with Crippen LogP contribution in [0, 0.1) is 11.6 Å². The summed E-state index contributed by atoms with van der Waals surface area (Å²) in [5, 5.41) is 10.4. The average molecular weight is 522 g/mol. The highest BCUT2D eigenvalue weighted by molar-refractivity contribution is 7.98. The molecule has 188 valence electrons. The van der Waals surface area contributed by atoms with E-state index in [-0.39, 0.29) is 29.5 Å². The van der Waals surface area contributed by atoms with Crippen LogP contribution in [0.2, 0.25) is 0 Å². The number of carbonyl (C=O) groups is 2. The molecule has 0 fully saturated rings. The fourth-order valence-electron chi connectivity index (χ4n) is 3.88. The van der Waals surface area contributed by atoms with Crippen molar-refractivity contribution in [2.45, 2.75) is 24.4 Å². The van der Waals surface area contributed by atoms with Crippen molar-refractivity contribution in [3.8, 4) is 17.2 Å². The number of ether oxygens (including phenoxy) is 1. The molecule has 0 atom stereocenters. The molecular weight excluding hydrogens is 500 g/mol. The van der Waals surface area contributed by atoms with Crippen molar-refractivity contribution >= 4 is 29.4 Å². The number of hydrogen-bond acceptors (Lipinski definition) is 6. The van der Waals surface area contributed by atoms with E-state index in [1.165, 1.54) is 48.3 Å². The number of anilines is 1. The van der Waals surface area contributed by atoms with E-state index < -0.39 is 11.7 Å². The quantitative estimate of drug-likeness (QED) is 0.337. The van der Waals surface area contributed by atoms with Gasteiger partial charge in [0.1, 0.15) is 34.0 Å². The molecule has 0 bridgehead atoms. The molecule has 0 spiro atoms. The summed E-state index contributed by atoms with van der Waals surface area (Å²) in [5.41, 5.74) is 1.75. The van der Waals surface area contributed by atoms with Gasteiger partial charge in [0.15, 0.2) is 5.69 Å². The Bertz CT molecular complexity index is 1490. The van der Waals surface area contributed by atoms with Gasteiger partial charge < -0.3 is 15.4 Å². The number of nitrogens with one attached hydrogen (secondary N) is 2. The highest BCUT2D eigenvalue weighted by Crippen LogP contribution is 2.33. The zero-order chi connectivity index (χ0) is 25.9. The second kappa shape index (κ2) is 10.4. The third kappa shape index (κ3) is 5.31. The molecular formula is C26H21F2N5O3S. The van der Waals surface area contributed by atoms with Gasteiger partial charge >= 0.3 is 0 Å². The predicted molar refractivity (Wildman–Crippen MR) is 134 cm³/mol. The van der Waals surface area contributed by atoms with E-state index in [1.54, 1.807) is 28.9 Å². The molecule has 8 nitrogen and oxygen atoms in total. The van der Waals surface area contributed by atoms with Crippen LogP contribution in [0.3, 0.4) is 0 Å². The summed E-state index contributed by atoms with van der Waals surface area (Å²) in [6, 6.07) is 13.3. The van der Waals surface area contributed by atoms with Gasteiger partial charge in [0.2, 0.25) is 5.91 Å². The lowest BCUT2D eigenvalue weighted by atomic mass is 10.1.